The zero-order valence-corrected chi connectivity index (χ0v) is 19.2. The highest BCUT2D eigenvalue weighted by molar-refractivity contribution is 6.04. The van der Waals surface area contributed by atoms with Gasteiger partial charge in [-0.05, 0) is 73.5 Å². The third-order valence-corrected chi connectivity index (χ3v) is 5.86. The number of carbonyl (C=O) groups is 1. The van der Waals surface area contributed by atoms with Crippen molar-refractivity contribution < 1.29 is 19.0 Å². The molecule has 1 N–H and O–H groups in total. The number of benzene rings is 3. The molecule has 0 unspecified atom stereocenters. The van der Waals surface area contributed by atoms with Crippen LogP contribution in [-0.2, 0) is 0 Å². The first-order valence-electron chi connectivity index (χ1n) is 11.3. The molecule has 6 heteroatoms. The van der Waals surface area contributed by atoms with Crippen molar-refractivity contribution in [1.29, 1.82) is 0 Å². The van der Waals surface area contributed by atoms with Crippen LogP contribution in [0.25, 0.3) is 11.1 Å². The number of ether oxygens (including phenoxy) is 3. The number of hydrogen-bond acceptors (Lipinski definition) is 5. The second-order valence-electron chi connectivity index (χ2n) is 8.02. The molecule has 172 valence electrons. The van der Waals surface area contributed by atoms with Crippen molar-refractivity contribution in [2.75, 3.05) is 45.8 Å². The first-order chi connectivity index (χ1) is 16.2. The van der Waals surface area contributed by atoms with Gasteiger partial charge in [0.1, 0.15) is 12.4 Å². The zero-order chi connectivity index (χ0) is 23.0. The molecule has 1 aliphatic heterocycles. The van der Waals surface area contributed by atoms with Gasteiger partial charge in [-0.2, -0.15) is 0 Å². The van der Waals surface area contributed by atoms with Crippen LogP contribution in [0.5, 0.6) is 17.2 Å². The molecule has 0 aliphatic carbocycles. The van der Waals surface area contributed by atoms with E-state index in [9.17, 15) is 4.79 Å². The highest BCUT2D eigenvalue weighted by Gasteiger charge is 2.13. The van der Waals surface area contributed by atoms with Crippen LogP contribution in [-0.4, -0.2) is 51.3 Å². The summed E-state index contributed by atoms with van der Waals surface area (Å²) in [5.41, 5.74) is 3.33. The zero-order valence-electron chi connectivity index (χ0n) is 19.2. The van der Waals surface area contributed by atoms with Gasteiger partial charge in [0.05, 0.1) is 14.2 Å². The molecule has 0 saturated carbocycles. The average Bonchev–Trinajstić information content (AvgIpc) is 3.38. The number of hydrogen-bond donors (Lipinski definition) is 1. The molecule has 3 aromatic carbocycles. The summed E-state index contributed by atoms with van der Waals surface area (Å²) in [5, 5.41) is 2.94. The van der Waals surface area contributed by atoms with Crippen LogP contribution < -0.4 is 19.5 Å². The van der Waals surface area contributed by atoms with Crippen molar-refractivity contribution in [2.45, 2.75) is 12.8 Å². The van der Waals surface area contributed by atoms with Gasteiger partial charge in [0, 0.05) is 23.9 Å². The lowest BCUT2D eigenvalue weighted by molar-refractivity contribution is 0.102. The Morgan fingerprint density at radius 1 is 0.848 bits per heavy atom. The molecule has 0 spiro atoms. The minimum atomic E-state index is -0.180. The van der Waals surface area contributed by atoms with E-state index in [2.05, 4.69) is 10.2 Å². The minimum absolute atomic E-state index is 0.180. The van der Waals surface area contributed by atoms with Crippen LogP contribution in [0.4, 0.5) is 5.69 Å². The average molecular weight is 447 g/mol. The summed E-state index contributed by atoms with van der Waals surface area (Å²) < 4.78 is 16.6. The quantitative estimate of drug-likeness (QED) is 0.496. The van der Waals surface area contributed by atoms with Crippen molar-refractivity contribution in [2.24, 2.45) is 0 Å². The van der Waals surface area contributed by atoms with E-state index in [4.69, 9.17) is 14.2 Å². The molecule has 1 fully saturated rings. The van der Waals surface area contributed by atoms with E-state index >= 15 is 0 Å². The van der Waals surface area contributed by atoms with Crippen LogP contribution >= 0.6 is 0 Å². The van der Waals surface area contributed by atoms with Crippen molar-refractivity contribution in [3.63, 3.8) is 0 Å². The van der Waals surface area contributed by atoms with Gasteiger partial charge in [0.15, 0.2) is 11.5 Å². The Morgan fingerprint density at radius 2 is 1.52 bits per heavy atom. The molecule has 1 saturated heterocycles. The first-order valence-corrected chi connectivity index (χ1v) is 11.3. The third-order valence-electron chi connectivity index (χ3n) is 5.86. The van der Waals surface area contributed by atoms with E-state index in [1.807, 2.05) is 60.7 Å². The van der Waals surface area contributed by atoms with Gasteiger partial charge in [-0.25, -0.2) is 0 Å². The van der Waals surface area contributed by atoms with Crippen LogP contribution in [0.15, 0.2) is 66.7 Å². The van der Waals surface area contributed by atoms with Crippen molar-refractivity contribution in [3.8, 4) is 28.4 Å². The van der Waals surface area contributed by atoms with Crippen molar-refractivity contribution in [1.82, 2.24) is 4.90 Å². The summed E-state index contributed by atoms with van der Waals surface area (Å²) in [4.78, 5) is 15.1. The predicted octanol–water partition coefficient (Wildman–Crippen LogP) is 5.10. The molecular formula is C27H30N2O4. The van der Waals surface area contributed by atoms with Crippen LogP contribution in [0, 0.1) is 0 Å². The molecule has 3 aromatic rings. The van der Waals surface area contributed by atoms with Gasteiger partial charge in [-0.15, -0.1) is 0 Å². The van der Waals surface area contributed by atoms with E-state index in [0.717, 1.165) is 36.5 Å². The van der Waals surface area contributed by atoms with E-state index in [1.54, 1.807) is 20.3 Å². The molecule has 4 rings (SSSR count). The fraction of sp³-hybridized carbons (Fsp3) is 0.296. The standard InChI is InChI=1S/C27H30N2O4/c1-31-24-12-9-21(10-13-24)20-5-7-22(8-6-20)27(30)28-23-11-14-25(26(19-23)32-2)33-18-17-29-15-3-4-16-29/h5-14,19H,3-4,15-18H2,1-2H3,(H,28,30). The lowest BCUT2D eigenvalue weighted by atomic mass is 10.0. The van der Waals surface area contributed by atoms with E-state index in [-0.39, 0.29) is 5.91 Å². The molecule has 33 heavy (non-hydrogen) atoms. The predicted molar refractivity (Wildman–Crippen MR) is 131 cm³/mol. The Morgan fingerprint density at radius 3 is 2.15 bits per heavy atom. The Bertz CT molecular complexity index is 1060. The van der Waals surface area contributed by atoms with Gasteiger partial charge < -0.3 is 19.5 Å². The summed E-state index contributed by atoms with van der Waals surface area (Å²) in [6.07, 6.45) is 2.53. The number of rotatable bonds is 9. The third kappa shape index (κ3) is 5.84. The smallest absolute Gasteiger partial charge is 0.255 e. The van der Waals surface area contributed by atoms with E-state index < -0.39 is 0 Å². The largest absolute Gasteiger partial charge is 0.497 e. The number of nitrogens with zero attached hydrogens (tertiary/aromatic N) is 1. The number of methoxy groups -OCH3 is 2. The second kappa shape index (κ2) is 10.9. The summed E-state index contributed by atoms with van der Waals surface area (Å²) in [6, 6.07) is 20.8. The molecule has 0 atom stereocenters. The van der Waals surface area contributed by atoms with Crippen molar-refractivity contribution in [3.05, 3.63) is 72.3 Å². The van der Waals surface area contributed by atoms with Gasteiger partial charge in [-0.3, -0.25) is 9.69 Å². The molecule has 6 nitrogen and oxygen atoms in total. The maximum absolute atomic E-state index is 12.7. The maximum Gasteiger partial charge on any atom is 0.255 e. The Kier molecular flexibility index (Phi) is 7.47. The van der Waals surface area contributed by atoms with Gasteiger partial charge >= 0.3 is 0 Å². The highest BCUT2D eigenvalue weighted by atomic mass is 16.5. The van der Waals surface area contributed by atoms with Crippen LogP contribution in [0.1, 0.15) is 23.2 Å². The van der Waals surface area contributed by atoms with Gasteiger partial charge in [-0.1, -0.05) is 24.3 Å². The Labute approximate surface area is 195 Å². The molecule has 0 bridgehead atoms. The number of carbonyl (C=O) groups excluding carboxylic acids is 1. The Balaban J connectivity index is 1.36. The minimum Gasteiger partial charge on any atom is -0.497 e. The molecule has 1 aliphatic rings. The lowest BCUT2D eigenvalue weighted by Gasteiger charge is -2.16. The molecule has 1 heterocycles. The monoisotopic (exact) mass is 446 g/mol. The maximum atomic E-state index is 12.7. The fourth-order valence-electron chi connectivity index (χ4n) is 3.96. The number of likely N-dealkylation sites (tertiary alicyclic amines) is 1. The number of nitrogens with one attached hydrogen (secondary N) is 1. The molecule has 1 amide bonds. The van der Waals surface area contributed by atoms with Gasteiger partial charge in [0.25, 0.3) is 5.91 Å². The molecule has 0 aromatic heterocycles. The summed E-state index contributed by atoms with van der Waals surface area (Å²) in [5.74, 6) is 1.91. The molecular weight excluding hydrogens is 416 g/mol. The van der Waals surface area contributed by atoms with Gasteiger partial charge in [0.2, 0.25) is 0 Å². The lowest BCUT2D eigenvalue weighted by Crippen LogP contribution is -2.25. The fourth-order valence-corrected chi connectivity index (χ4v) is 3.96. The summed E-state index contributed by atoms with van der Waals surface area (Å²) in [7, 11) is 3.25. The normalized spacial score (nSPS) is 13.5. The number of anilines is 1. The highest BCUT2D eigenvalue weighted by Crippen LogP contribution is 2.30. The Hall–Kier alpha value is -3.51. The van der Waals surface area contributed by atoms with E-state index in [0.29, 0.717) is 29.4 Å². The van der Waals surface area contributed by atoms with E-state index in [1.165, 1.54) is 12.8 Å². The van der Waals surface area contributed by atoms with Crippen LogP contribution in [0.2, 0.25) is 0 Å². The van der Waals surface area contributed by atoms with Crippen molar-refractivity contribution >= 4 is 11.6 Å². The van der Waals surface area contributed by atoms with Crippen LogP contribution in [0.3, 0.4) is 0 Å². The topological polar surface area (TPSA) is 60.0 Å². The summed E-state index contributed by atoms with van der Waals surface area (Å²) >= 11 is 0. The summed E-state index contributed by atoms with van der Waals surface area (Å²) in [6.45, 7) is 3.82. The second-order valence-corrected chi connectivity index (χ2v) is 8.02. The molecule has 0 radical (unpaired) electrons. The SMILES string of the molecule is COc1ccc(-c2ccc(C(=O)Nc3ccc(OCCN4CCCC4)c(OC)c3)cc2)cc1. The number of amides is 1. The first kappa shape index (κ1) is 22.7.